The second kappa shape index (κ2) is 4.67. The Morgan fingerprint density at radius 3 is 2.13 bits per heavy atom. The van der Waals surface area contributed by atoms with Crippen LogP contribution < -0.4 is 5.32 Å². The molecule has 1 atom stereocenters. The summed E-state index contributed by atoms with van der Waals surface area (Å²) in [5.41, 5.74) is 3.84. The SMILES string of the molecule is CNC(C=C(C)C)c1c(C)oc(C)c1C. The second-order valence-electron chi connectivity index (χ2n) is 4.26. The third kappa shape index (κ3) is 2.51. The first-order valence-electron chi connectivity index (χ1n) is 5.36. The topological polar surface area (TPSA) is 25.2 Å². The summed E-state index contributed by atoms with van der Waals surface area (Å²) < 4.78 is 5.64. The van der Waals surface area contributed by atoms with Crippen molar-refractivity contribution in [1.29, 1.82) is 0 Å². The number of allylic oxidation sites excluding steroid dienone is 1. The third-order valence-corrected chi connectivity index (χ3v) is 2.74. The van der Waals surface area contributed by atoms with Crippen LogP contribution in [0.15, 0.2) is 16.1 Å². The van der Waals surface area contributed by atoms with E-state index in [1.165, 1.54) is 16.7 Å². The van der Waals surface area contributed by atoms with E-state index in [2.05, 4.69) is 32.2 Å². The quantitative estimate of drug-likeness (QED) is 0.768. The van der Waals surface area contributed by atoms with Crippen LogP contribution >= 0.6 is 0 Å². The Balaban J connectivity index is 3.17. The summed E-state index contributed by atoms with van der Waals surface area (Å²) in [6.07, 6.45) is 2.23. The van der Waals surface area contributed by atoms with E-state index < -0.39 is 0 Å². The molecule has 1 unspecified atom stereocenters. The molecule has 0 radical (unpaired) electrons. The highest BCUT2D eigenvalue weighted by Crippen LogP contribution is 2.28. The molecular formula is C13H21NO. The lowest BCUT2D eigenvalue weighted by molar-refractivity contribution is 0.496. The molecule has 0 amide bonds. The first-order valence-corrected chi connectivity index (χ1v) is 5.36. The van der Waals surface area contributed by atoms with Gasteiger partial charge in [0.2, 0.25) is 0 Å². The zero-order valence-electron chi connectivity index (χ0n) is 10.6. The lowest BCUT2D eigenvalue weighted by Gasteiger charge is -2.13. The van der Waals surface area contributed by atoms with E-state index in [1.807, 2.05) is 20.9 Å². The molecule has 0 saturated carbocycles. The number of hydrogen-bond donors (Lipinski definition) is 1. The van der Waals surface area contributed by atoms with E-state index in [-0.39, 0.29) is 6.04 Å². The zero-order chi connectivity index (χ0) is 11.6. The first-order chi connectivity index (χ1) is 6.97. The first kappa shape index (κ1) is 12.1. The predicted molar refractivity (Wildman–Crippen MR) is 64.2 cm³/mol. The summed E-state index contributed by atoms with van der Waals surface area (Å²) in [5.74, 6) is 2.03. The average Bonchev–Trinajstić information content (AvgIpc) is 2.38. The van der Waals surface area contributed by atoms with Crippen molar-refractivity contribution in [2.24, 2.45) is 0 Å². The normalized spacial score (nSPS) is 12.7. The highest BCUT2D eigenvalue weighted by atomic mass is 16.3. The molecule has 1 aromatic heterocycles. The Kier molecular flexibility index (Phi) is 3.75. The van der Waals surface area contributed by atoms with Gasteiger partial charge in [-0.1, -0.05) is 11.6 Å². The smallest absolute Gasteiger partial charge is 0.106 e. The highest BCUT2D eigenvalue weighted by molar-refractivity contribution is 5.36. The van der Waals surface area contributed by atoms with E-state index in [0.717, 1.165) is 11.5 Å². The average molecular weight is 207 g/mol. The summed E-state index contributed by atoms with van der Waals surface area (Å²) in [5, 5.41) is 3.31. The molecular weight excluding hydrogens is 186 g/mol. The number of nitrogens with one attached hydrogen (secondary N) is 1. The number of aryl methyl sites for hydroxylation is 2. The lowest BCUT2D eigenvalue weighted by atomic mass is 10.0. The van der Waals surface area contributed by atoms with Crippen LogP contribution in [0.5, 0.6) is 0 Å². The number of likely N-dealkylation sites (N-methyl/N-ethyl adjacent to an activating group) is 1. The van der Waals surface area contributed by atoms with Crippen LogP contribution in [0, 0.1) is 20.8 Å². The molecule has 0 spiro atoms. The fourth-order valence-electron chi connectivity index (χ4n) is 1.91. The molecule has 0 aliphatic carbocycles. The van der Waals surface area contributed by atoms with Gasteiger partial charge in [0.15, 0.2) is 0 Å². The Labute approximate surface area is 92.4 Å². The minimum absolute atomic E-state index is 0.257. The Morgan fingerprint density at radius 1 is 1.20 bits per heavy atom. The van der Waals surface area contributed by atoms with Gasteiger partial charge in [-0.25, -0.2) is 0 Å². The van der Waals surface area contributed by atoms with Crippen molar-refractivity contribution in [2.45, 2.75) is 40.7 Å². The minimum Gasteiger partial charge on any atom is -0.466 e. The van der Waals surface area contributed by atoms with Crippen LogP contribution in [0.1, 0.15) is 42.5 Å². The molecule has 2 heteroatoms. The molecule has 0 aromatic carbocycles. The molecule has 0 bridgehead atoms. The number of rotatable bonds is 3. The zero-order valence-corrected chi connectivity index (χ0v) is 10.6. The molecule has 0 aliphatic rings. The van der Waals surface area contributed by atoms with Crippen molar-refractivity contribution in [3.63, 3.8) is 0 Å². The van der Waals surface area contributed by atoms with E-state index in [0.29, 0.717) is 0 Å². The van der Waals surface area contributed by atoms with E-state index in [1.54, 1.807) is 0 Å². The fourth-order valence-corrected chi connectivity index (χ4v) is 1.91. The van der Waals surface area contributed by atoms with Crippen molar-refractivity contribution < 1.29 is 4.42 Å². The summed E-state index contributed by atoms with van der Waals surface area (Å²) in [6.45, 7) is 10.4. The third-order valence-electron chi connectivity index (χ3n) is 2.74. The van der Waals surface area contributed by atoms with Gasteiger partial charge in [-0.15, -0.1) is 0 Å². The van der Waals surface area contributed by atoms with Gasteiger partial charge >= 0.3 is 0 Å². The van der Waals surface area contributed by atoms with Gasteiger partial charge in [0.1, 0.15) is 11.5 Å². The van der Waals surface area contributed by atoms with Crippen molar-refractivity contribution in [1.82, 2.24) is 5.32 Å². The molecule has 1 rings (SSSR count). The predicted octanol–water partition coefficient (Wildman–Crippen LogP) is 3.43. The van der Waals surface area contributed by atoms with Crippen LogP contribution in [0.2, 0.25) is 0 Å². The maximum atomic E-state index is 5.64. The van der Waals surface area contributed by atoms with E-state index in [9.17, 15) is 0 Å². The van der Waals surface area contributed by atoms with Crippen LogP contribution in [-0.4, -0.2) is 7.05 Å². The van der Waals surface area contributed by atoms with Gasteiger partial charge in [-0.05, 0) is 47.2 Å². The molecule has 84 valence electrons. The Bertz CT molecular complexity index is 370. The highest BCUT2D eigenvalue weighted by Gasteiger charge is 2.17. The van der Waals surface area contributed by atoms with Crippen LogP contribution in [0.25, 0.3) is 0 Å². The lowest BCUT2D eigenvalue weighted by Crippen LogP contribution is -2.15. The van der Waals surface area contributed by atoms with Crippen LogP contribution in [0.3, 0.4) is 0 Å². The van der Waals surface area contributed by atoms with Crippen molar-refractivity contribution in [2.75, 3.05) is 7.05 Å². The van der Waals surface area contributed by atoms with Gasteiger partial charge in [-0.2, -0.15) is 0 Å². The van der Waals surface area contributed by atoms with Crippen molar-refractivity contribution in [3.05, 3.63) is 34.3 Å². The maximum absolute atomic E-state index is 5.64. The van der Waals surface area contributed by atoms with Gasteiger partial charge in [0, 0.05) is 5.56 Å². The van der Waals surface area contributed by atoms with E-state index >= 15 is 0 Å². The summed E-state index contributed by atoms with van der Waals surface area (Å²) in [6, 6.07) is 0.257. The summed E-state index contributed by atoms with van der Waals surface area (Å²) in [4.78, 5) is 0. The molecule has 1 heterocycles. The second-order valence-corrected chi connectivity index (χ2v) is 4.26. The minimum atomic E-state index is 0.257. The van der Waals surface area contributed by atoms with Gasteiger partial charge in [-0.3, -0.25) is 0 Å². The molecule has 2 nitrogen and oxygen atoms in total. The van der Waals surface area contributed by atoms with Gasteiger partial charge in [0.25, 0.3) is 0 Å². The largest absolute Gasteiger partial charge is 0.466 e. The molecule has 0 fully saturated rings. The van der Waals surface area contributed by atoms with Crippen molar-refractivity contribution in [3.8, 4) is 0 Å². The van der Waals surface area contributed by atoms with Crippen LogP contribution in [0.4, 0.5) is 0 Å². The molecule has 1 aromatic rings. The summed E-state index contributed by atoms with van der Waals surface area (Å²) >= 11 is 0. The maximum Gasteiger partial charge on any atom is 0.106 e. The van der Waals surface area contributed by atoms with Gasteiger partial charge in [0.05, 0.1) is 6.04 Å². The molecule has 15 heavy (non-hydrogen) atoms. The van der Waals surface area contributed by atoms with Crippen LogP contribution in [-0.2, 0) is 0 Å². The molecule has 0 saturated heterocycles. The van der Waals surface area contributed by atoms with Gasteiger partial charge < -0.3 is 9.73 Å². The fraction of sp³-hybridized carbons (Fsp3) is 0.538. The van der Waals surface area contributed by atoms with Crippen molar-refractivity contribution >= 4 is 0 Å². The number of hydrogen-bond acceptors (Lipinski definition) is 2. The van der Waals surface area contributed by atoms with E-state index in [4.69, 9.17) is 4.42 Å². The monoisotopic (exact) mass is 207 g/mol. The number of furan rings is 1. The molecule has 0 aliphatic heterocycles. The summed E-state index contributed by atoms with van der Waals surface area (Å²) in [7, 11) is 1.98. The Hall–Kier alpha value is -1.02. The molecule has 1 N–H and O–H groups in total. The Morgan fingerprint density at radius 2 is 1.80 bits per heavy atom. The standard InChI is InChI=1S/C13H21NO/c1-8(2)7-12(14-6)13-9(3)10(4)15-11(13)5/h7,12,14H,1-6H3.